The molecule has 2 heterocycles. The van der Waals surface area contributed by atoms with E-state index in [0.717, 1.165) is 21.7 Å². The SMILES string of the molecule is N=C(/C=C(\N)c1ccccc1)c1ccccc1.Sc1ccc(-n2c3ccccc3c3ccc4c5ccc6c(c5ccc4c32)c2ccccc2n6-c2ccccc2)cc1. The number of hydrogen-bond donors (Lipinski definition) is 3. The first-order valence-corrected chi connectivity index (χ1v) is 19.8. The molecule has 0 fully saturated rings. The Morgan fingerprint density at radius 3 is 1.59 bits per heavy atom. The van der Waals surface area contributed by atoms with Crippen molar-refractivity contribution < 1.29 is 0 Å². The molecule has 2 aromatic heterocycles. The molecular formula is C53H38N4S. The third-order valence-corrected chi connectivity index (χ3v) is 11.4. The topological polar surface area (TPSA) is 59.7 Å². The minimum Gasteiger partial charge on any atom is -0.398 e. The molecule has 0 spiro atoms. The molecular weight excluding hydrogens is 725 g/mol. The summed E-state index contributed by atoms with van der Waals surface area (Å²) in [6, 6.07) is 69.7. The molecule has 276 valence electrons. The smallest absolute Gasteiger partial charge is 0.0632 e. The molecule has 9 aromatic carbocycles. The van der Waals surface area contributed by atoms with Gasteiger partial charge in [0.25, 0.3) is 0 Å². The molecule has 5 heteroatoms. The van der Waals surface area contributed by atoms with Crippen LogP contribution in [0.5, 0.6) is 0 Å². The number of aromatic nitrogens is 2. The normalized spacial score (nSPS) is 11.8. The maximum absolute atomic E-state index is 7.95. The van der Waals surface area contributed by atoms with E-state index in [1.54, 1.807) is 6.08 Å². The molecule has 4 nitrogen and oxygen atoms in total. The molecule has 3 N–H and O–H groups in total. The van der Waals surface area contributed by atoms with Gasteiger partial charge in [-0.3, -0.25) is 0 Å². The van der Waals surface area contributed by atoms with Gasteiger partial charge in [-0.1, -0.05) is 146 Å². The van der Waals surface area contributed by atoms with Crippen LogP contribution in [0.15, 0.2) is 211 Å². The van der Waals surface area contributed by atoms with Crippen LogP contribution >= 0.6 is 12.6 Å². The van der Waals surface area contributed by atoms with Gasteiger partial charge >= 0.3 is 0 Å². The average Bonchev–Trinajstić information content (AvgIpc) is 3.81. The number of nitrogens with zero attached hydrogens (tertiary/aromatic N) is 2. The van der Waals surface area contributed by atoms with Crippen molar-refractivity contribution in [3.05, 3.63) is 217 Å². The van der Waals surface area contributed by atoms with Gasteiger partial charge in [-0.25, -0.2) is 0 Å². The van der Waals surface area contributed by atoms with E-state index in [-0.39, 0.29) is 0 Å². The summed E-state index contributed by atoms with van der Waals surface area (Å²) in [6.45, 7) is 0. The van der Waals surface area contributed by atoms with Crippen molar-refractivity contribution >= 4 is 89.2 Å². The molecule has 0 atom stereocenters. The van der Waals surface area contributed by atoms with Gasteiger partial charge in [0.2, 0.25) is 0 Å². The van der Waals surface area contributed by atoms with Crippen LogP contribution in [0.4, 0.5) is 0 Å². The van der Waals surface area contributed by atoms with Crippen LogP contribution in [0, 0.1) is 5.41 Å². The zero-order chi connectivity index (χ0) is 39.2. The van der Waals surface area contributed by atoms with Crippen LogP contribution in [-0.2, 0) is 0 Å². The van der Waals surface area contributed by atoms with Crippen molar-refractivity contribution in [3.8, 4) is 11.4 Å². The second-order valence-electron chi connectivity index (χ2n) is 14.5. The predicted molar refractivity (Wildman–Crippen MR) is 249 cm³/mol. The van der Waals surface area contributed by atoms with E-state index in [2.05, 4.69) is 161 Å². The Morgan fingerprint density at radius 2 is 0.897 bits per heavy atom. The summed E-state index contributed by atoms with van der Waals surface area (Å²) in [5, 5.41) is 18.1. The zero-order valence-corrected chi connectivity index (χ0v) is 32.4. The maximum Gasteiger partial charge on any atom is 0.0632 e. The van der Waals surface area contributed by atoms with Crippen LogP contribution in [0.3, 0.4) is 0 Å². The van der Waals surface area contributed by atoms with Crippen molar-refractivity contribution in [3.63, 3.8) is 0 Å². The van der Waals surface area contributed by atoms with E-state index in [0.29, 0.717) is 11.4 Å². The van der Waals surface area contributed by atoms with E-state index < -0.39 is 0 Å². The van der Waals surface area contributed by atoms with Crippen LogP contribution in [0.2, 0.25) is 0 Å². The number of fused-ring (bicyclic) bond motifs is 11. The second kappa shape index (κ2) is 14.6. The molecule has 0 aliphatic heterocycles. The average molecular weight is 763 g/mol. The van der Waals surface area contributed by atoms with Gasteiger partial charge in [0.15, 0.2) is 0 Å². The summed E-state index contributed by atoms with van der Waals surface area (Å²) >= 11 is 4.54. The van der Waals surface area contributed by atoms with Gasteiger partial charge in [0.05, 0.1) is 27.8 Å². The summed E-state index contributed by atoms with van der Waals surface area (Å²) in [6.07, 6.45) is 1.69. The maximum atomic E-state index is 7.95. The van der Waals surface area contributed by atoms with E-state index in [9.17, 15) is 0 Å². The quantitative estimate of drug-likeness (QED) is 0.0913. The van der Waals surface area contributed by atoms with Crippen LogP contribution in [0.1, 0.15) is 11.1 Å². The molecule has 11 rings (SSSR count). The van der Waals surface area contributed by atoms with Gasteiger partial charge in [-0.15, -0.1) is 12.6 Å². The Balaban J connectivity index is 0.000000202. The van der Waals surface area contributed by atoms with E-state index in [1.165, 1.54) is 70.8 Å². The van der Waals surface area contributed by atoms with Gasteiger partial charge in [0, 0.05) is 48.9 Å². The summed E-state index contributed by atoms with van der Waals surface area (Å²) in [4.78, 5) is 0.962. The van der Waals surface area contributed by atoms with E-state index in [4.69, 9.17) is 11.1 Å². The molecule has 0 bridgehead atoms. The number of benzene rings is 9. The number of allylic oxidation sites excluding steroid dienone is 1. The first kappa shape index (κ1) is 35.1. The molecule has 11 aromatic rings. The lowest BCUT2D eigenvalue weighted by molar-refractivity contribution is 1.18. The third-order valence-electron chi connectivity index (χ3n) is 11.1. The first-order valence-electron chi connectivity index (χ1n) is 19.4. The van der Waals surface area contributed by atoms with Crippen molar-refractivity contribution in [1.29, 1.82) is 5.41 Å². The second-order valence-corrected chi connectivity index (χ2v) is 15.0. The van der Waals surface area contributed by atoms with Gasteiger partial charge in [0.1, 0.15) is 0 Å². The summed E-state index contributed by atoms with van der Waals surface area (Å²) in [7, 11) is 0. The van der Waals surface area contributed by atoms with Crippen LogP contribution in [-0.4, -0.2) is 14.8 Å². The fraction of sp³-hybridized carbons (Fsp3) is 0. The predicted octanol–water partition coefficient (Wildman–Crippen LogP) is 13.5. The summed E-state index contributed by atoms with van der Waals surface area (Å²) in [5.74, 6) is 0. The number of nitrogens with one attached hydrogen (secondary N) is 1. The lowest BCUT2D eigenvalue weighted by Gasteiger charge is -2.12. The van der Waals surface area contributed by atoms with E-state index >= 15 is 0 Å². The highest BCUT2D eigenvalue weighted by Gasteiger charge is 2.19. The standard InChI is InChI=1S/C38H24N2S.C15H14N2/c41-26-16-14-25(15-17-26)40-34-12-6-4-10-29(34)32-20-18-28-27-22-23-36-37(30(27)19-21-31(28)38(32)40)33-11-5-7-13-35(33)39(36)24-8-2-1-3-9-24;16-14(12-7-3-1-4-8-12)11-15(17)13-9-5-2-6-10-13/h1-23,41H;1-11,16H,17H2/b;15-11-,16-14?. The number of para-hydroxylation sites is 3. The van der Waals surface area contributed by atoms with Crippen molar-refractivity contribution in [2.75, 3.05) is 0 Å². The highest BCUT2D eigenvalue weighted by atomic mass is 32.1. The van der Waals surface area contributed by atoms with Gasteiger partial charge < -0.3 is 20.3 Å². The summed E-state index contributed by atoms with van der Waals surface area (Å²) in [5.41, 5.74) is 16.0. The minimum absolute atomic E-state index is 0.423. The van der Waals surface area contributed by atoms with Gasteiger partial charge in [-0.05, 0) is 88.0 Å². The third kappa shape index (κ3) is 6.01. The highest BCUT2D eigenvalue weighted by Crippen LogP contribution is 2.42. The fourth-order valence-corrected chi connectivity index (χ4v) is 8.59. The molecule has 0 amide bonds. The number of nitrogens with two attached hydrogens (primary N) is 1. The zero-order valence-electron chi connectivity index (χ0n) is 31.5. The summed E-state index contributed by atoms with van der Waals surface area (Å²) < 4.78 is 4.80. The number of thiol groups is 1. The molecule has 0 saturated heterocycles. The molecule has 58 heavy (non-hydrogen) atoms. The highest BCUT2D eigenvalue weighted by molar-refractivity contribution is 7.80. The molecule has 0 aliphatic rings. The largest absolute Gasteiger partial charge is 0.398 e. The lowest BCUT2D eigenvalue weighted by Crippen LogP contribution is -2.02. The Kier molecular flexibility index (Phi) is 8.85. The number of rotatable bonds is 5. The first-order chi connectivity index (χ1) is 28.5. The molecule has 0 radical (unpaired) electrons. The van der Waals surface area contributed by atoms with Crippen LogP contribution < -0.4 is 5.73 Å². The minimum atomic E-state index is 0.423. The van der Waals surface area contributed by atoms with Crippen molar-refractivity contribution in [2.45, 2.75) is 4.90 Å². The number of hydrogen-bond acceptors (Lipinski definition) is 3. The Hall–Kier alpha value is -7.34. The van der Waals surface area contributed by atoms with Crippen LogP contribution in [0.25, 0.3) is 82.2 Å². The Bertz CT molecular complexity index is 3340. The molecule has 0 unspecified atom stereocenters. The van der Waals surface area contributed by atoms with Gasteiger partial charge in [-0.2, -0.15) is 0 Å². The fourth-order valence-electron chi connectivity index (χ4n) is 8.44. The lowest BCUT2D eigenvalue weighted by atomic mass is 9.96. The van der Waals surface area contributed by atoms with E-state index in [1.807, 2.05) is 60.7 Å². The van der Waals surface area contributed by atoms with Crippen molar-refractivity contribution in [2.24, 2.45) is 5.73 Å². The monoisotopic (exact) mass is 762 g/mol. The van der Waals surface area contributed by atoms with Crippen molar-refractivity contribution in [1.82, 2.24) is 9.13 Å². The Labute approximate surface area is 341 Å². The molecule has 0 aliphatic carbocycles. The Morgan fingerprint density at radius 1 is 0.414 bits per heavy atom. The molecule has 0 saturated carbocycles.